The van der Waals surface area contributed by atoms with Gasteiger partial charge in [-0.3, -0.25) is 4.79 Å². The van der Waals surface area contributed by atoms with Crippen molar-refractivity contribution in [3.05, 3.63) is 146 Å². The van der Waals surface area contributed by atoms with Gasteiger partial charge in [0.25, 0.3) is 5.56 Å². The number of aromatic nitrogens is 3. The number of halogens is 5. The lowest BCUT2D eigenvalue weighted by Gasteiger charge is -2.09. The minimum Gasteiger partial charge on any atom is -0.378 e. The molecule has 44 heavy (non-hydrogen) atoms. The minimum absolute atomic E-state index is 0.308. The zero-order chi connectivity index (χ0) is 30.8. The Morgan fingerprint density at radius 1 is 0.841 bits per heavy atom. The lowest BCUT2D eigenvalue weighted by Crippen LogP contribution is -2.04. The summed E-state index contributed by atoms with van der Waals surface area (Å²) in [5, 5.41) is 3.28. The van der Waals surface area contributed by atoms with Crippen LogP contribution in [0, 0.1) is 0 Å². The van der Waals surface area contributed by atoms with E-state index in [4.69, 9.17) is 32.7 Å². The molecule has 0 bridgehead atoms. The van der Waals surface area contributed by atoms with E-state index in [1.165, 1.54) is 12.1 Å². The van der Waals surface area contributed by atoms with Crippen molar-refractivity contribution >= 4 is 35.4 Å². The maximum absolute atomic E-state index is 13.2. The molecule has 10 heteroatoms. The van der Waals surface area contributed by atoms with Crippen LogP contribution in [0.2, 0.25) is 10.0 Å². The Balaban J connectivity index is 1.29. The number of hydrogen-bond donors (Lipinski definition) is 1. The molecular weight excluding hydrogens is 610 g/mol. The van der Waals surface area contributed by atoms with Gasteiger partial charge in [-0.25, -0.2) is 4.98 Å². The third kappa shape index (κ3) is 6.56. The SMILES string of the molecule is O=c1cc(-c2ccc(Cn3cc(-c4ccc(Cl)cc4Cl)nc3C=Cc3ccc(-c4cccc(C(F)(F)F)c4)cc3)cc2)o[nH]1. The molecule has 6 rings (SSSR count). The molecule has 2 aromatic heterocycles. The zero-order valence-corrected chi connectivity index (χ0v) is 24.3. The molecule has 0 fully saturated rings. The topological polar surface area (TPSA) is 63.8 Å². The summed E-state index contributed by atoms with van der Waals surface area (Å²) in [6.45, 7) is 0.490. The second-order valence-electron chi connectivity index (χ2n) is 10.0. The Morgan fingerprint density at radius 3 is 2.27 bits per heavy atom. The van der Waals surface area contributed by atoms with Gasteiger partial charge in [0.2, 0.25) is 0 Å². The number of imidazole rings is 1. The Morgan fingerprint density at radius 2 is 1.59 bits per heavy atom. The molecule has 0 amide bonds. The van der Waals surface area contributed by atoms with Gasteiger partial charge in [-0.2, -0.15) is 18.3 Å². The molecule has 0 aliphatic heterocycles. The van der Waals surface area contributed by atoms with E-state index >= 15 is 0 Å². The van der Waals surface area contributed by atoms with E-state index in [1.54, 1.807) is 30.3 Å². The van der Waals surface area contributed by atoms with Gasteiger partial charge < -0.3 is 9.09 Å². The lowest BCUT2D eigenvalue weighted by molar-refractivity contribution is -0.137. The van der Waals surface area contributed by atoms with Crippen molar-refractivity contribution in [2.24, 2.45) is 0 Å². The number of nitrogens with one attached hydrogen (secondary N) is 1. The third-order valence-electron chi connectivity index (χ3n) is 6.99. The van der Waals surface area contributed by atoms with Crippen LogP contribution in [0.4, 0.5) is 13.2 Å². The number of benzene rings is 4. The summed E-state index contributed by atoms with van der Waals surface area (Å²) in [4.78, 5) is 16.3. The molecule has 0 saturated heterocycles. The summed E-state index contributed by atoms with van der Waals surface area (Å²) >= 11 is 12.6. The molecule has 0 radical (unpaired) electrons. The normalized spacial score (nSPS) is 11.8. The van der Waals surface area contributed by atoms with Crippen molar-refractivity contribution in [3.8, 4) is 33.7 Å². The lowest BCUT2D eigenvalue weighted by atomic mass is 10.0. The molecule has 0 aliphatic rings. The second-order valence-corrected chi connectivity index (χ2v) is 10.9. The largest absolute Gasteiger partial charge is 0.416 e. The molecule has 0 unspecified atom stereocenters. The highest BCUT2D eigenvalue weighted by molar-refractivity contribution is 6.36. The van der Waals surface area contributed by atoms with Crippen LogP contribution >= 0.6 is 23.2 Å². The summed E-state index contributed by atoms with van der Waals surface area (Å²) in [6, 6.07) is 26.8. The van der Waals surface area contributed by atoms with E-state index in [-0.39, 0.29) is 5.56 Å². The fraction of sp³-hybridized carbons (Fsp3) is 0.0588. The van der Waals surface area contributed by atoms with E-state index in [0.29, 0.717) is 45.0 Å². The van der Waals surface area contributed by atoms with Crippen molar-refractivity contribution < 1.29 is 17.7 Å². The second kappa shape index (κ2) is 12.1. The van der Waals surface area contributed by atoms with E-state index in [0.717, 1.165) is 34.4 Å². The summed E-state index contributed by atoms with van der Waals surface area (Å²) in [6.07, 6.45) is 1.26. The van der Waals surface area contributed by atoms with Crippen LogP contribution < -0.4 is 5.56 Å². The standard InChI is InChI=1S/C34H22Cl2F3N3O2/c35-27-13-14-28(29(36)17-27)30-20-42(19-22-6-11-24(12-7-22)31-18-33(43)41-44-31)32(40-30)15-8-21-4-9-23(10-5-21)25-2-1-3-26(16-25)34(37,38)39/h1-18,20H,19H2,(H,41,43). The Kier molecular flexibility index (Phi) is 8.03. The first kappa shape index (κ1) is 29.3. The average molecular weight is 632 g/mol. The maximum Gasteiger partial charge on any atom is 0.416 e. The molecular formula is C34H22Cl2F3N3O2. The minimum atomic E-state index is -4.41. The van der Waals surface area contributed by atoms with Gasteiger partial charge in [-0.1, -0.05) is 89.9 Å². The number of hydrogen-bond acceptors (Lipinski definition) is 3. The molecule has 0 spiro atoms. The molecule has 1 N–H and O–H groups in total. The zero-order valence-electron chi connectivity index (χ0n) is 22.8. The molecule has 220 valence electrons. The monoisotopic (exact) mass is 631 g/mol. The highest BCUT2D eigenvalue weighted by Crippen LogP contribution is 2.33. The molecule has 0 saturated carbocycles. The number of nitrogens with zero attached hydrogens (tertiary/aromatic N) is 2. The van der Waals surface area contributed by atoms with Gasteiger partial charge in [0.15, 0.2) is 5.76 Å². The Labute approximate surface area is 259 Å². The van der Waals surface area contributed by atoms with Crippen molar-refractivity contribution in [3.63, 3.8) is 0 Å². The van der Waals surface area contributed by atoms with Crippen LogP contribution in [0.25, 0.3) is 45.9 Å². The van der Waals surface area contributed by atoms with Gasteiger partial charge in [-0.05, 0) is 58.7 Å². The predicted molar refractivity (Wildman–Crippen MR) is 167 cm³/mol. The maximum atomic E-state index is 13.2. The number of alkyl halides is 3. The van der Waals surface area contributed by atoms with Crippen molar-refractivity contribution in [1.82, 2.24) is 14.7 Å². The Bertz CT molecular complexity index is 2020. The highest BCUT2D eigenvalue weighted by Gasteiger charge is 2.30. The van der Waals surface area contributed by atoms with Gasteiger partial charge in [0.1, 0.15) is 5.82 Å². The van der Waals surface area contributed by atoms with Gasteiger partial charge in [0.05, 0.1) is 22.3 Å². The van der Waals surface area contributed by atoms with E-state index in [1.807, 2.05) is 65.4 Å². The fourth-order valence-corrected chi connectivity index (χ4v) is 5.25. The summed E-state index contributed by atoms with van der Waals surface area (Å²) in [7, 11) is 0. The first-order valence-electron chi connectivity index (χ1n) is 13.4. The molecule has 0 aliphatic carbocycles. The predicted octanol–water partition coefficient (Wildman–Crippen LogP) is 9.71. The number of aromatic amines is 1. The van der Waals surface area contributed by atoms with Gasteiger partial charge in [0, 0.05) is 28.9 Å². The molecule has 2 heterocycles. The summed E-state index contributed by atoms with van der Waals surface area (Å²) in [5.74, 6) is 1.11. The fourth-order valence-electron chi connectivity index (χ4n) is 4.75. The average Bonchev–Trinajstić information content (AvgIpc) is 3.62. The van der Waals surface area contributed by atoms with Crippen LogP contribution in [0.5, 0.6) is 0 Å². The van der Waals surface area contributed by atoms with E-state index in [9.17, 15) is 18.0 Å². The van der Waals surface area contributed by atoms with Crippen LogP contribution in [-0.4, -0.2) is 14.7 Å². The summed E-state index contributed by atoms with van der Waals surface area (Å²) in [5.41, 5.74) is 4.16. The van der Waals surface area contributed by atoms with E-state index in [2.05, 4.69) is 5.16 Å². The molecule has 4 aromatic carbocycles. The molecule has 5 nitrogen and oxygen atoms in total. The highest BCUT2D eigenvalue weighted by atomic mass is 35.5. The van der Waals surface area contributed by atoms with Crippen molar-refractivity contribution in [2.75, 3.05) is 0 Å². The van der Waals surface area contributed by atoms with Gasteiger partial charge in [-0.15, -0.1) is 0 Å². The first-order valence-corrected chi connectivity index (χ1v) is 14.1. The molecule has 6 aromatic rings. The van der Waals surface area contributed by atoms with Crippen molar-refractivity contribution in [2.45, 2.75) is 12.7 Å². The summed E-state index contributed by atoms with van der Waals surface area (Å²) < 4.78 is 46.7. The third-order valence-corrected chi connectivity index (χ3v) is 7.54. The van der Waals surface area contributed by atoms with Crippen LogP contribution in [0.1, 0.15) is 22.5 Å². The number of H-pyrrole nitrogens is 1. The van der Waals surface area contributed by atoms with Crippen molar-refractivity contribution in [1.29, 1.82) is 0 Å². The van der Waals surface area contributed by atoms with Crippen LogP contribution in [0.3, 0.4) is 0 Å². The molecule has 0 atom stereocenters. The smallest absolute Gasteiger partial charge is 0.378 e. The number of rotatable bonds is 7. The first-order chi connectivity index (χ1) is 21.1. The van der Waals surface area contributed by atoms with Gasteiger partial charge >= 0.3 is 6.18 Å². The Hall–Kier alpha value is -4.79. The van der Waals surface area contributed by atoms with Crippen LogP contribution in [0.15, 0.2) is 113 Å². The van der Waals surface area contributed by atoms with Crippen LogP contribution in [-0.2, 0) is 12.7 Å². The van der Waals surface area contributed by atoms with E-state index < -0.39 is 11.7 Å². The quantitative estimate of drug-likeness (QED) is 0.191.